The Labute approximate surface area is 89.0 Å². The van der Waals surface area contributed by atoms with Gasteiger partial charge in [0.25, 0.3) is 0 Å². The first-order valence-electron chi connectivity index (χ1n) is 3.52. The van der Waals surface area contributed by atoms with E-state index >= 15 is 0 Å². The molecule has 0 saturated heterocycles. The smallest absolute Gasteiger partial charge is 0.130 e. The fraction of sp³-hybridized carbons (Fsp3) is 0.111. The molecule has 0 aliphatic rings. The van der Waals surface area contributed by atoms with E-state index in [0.29, 0.717) is 9.50 Å². The third kappa shape index (κ3) is 2.10. The molecule has 0 aliphatic heterocycles. The van der Waals surface area contributed by atoms with Gasteiger partial charge >= 0.3 is 0 Å². The molecule has 1 N–H and O–H groups in total. The van der Waals surface area contributed by atoms with Crippen LogP contribution in [0, 0.1) is 5.82 Å². The van der Waals surface area contributed by atoms with Gasteiger partial charge in [0.2, 0.25) is 0 Å². The minimum Gasteiger partial charge on any atom is -0.384 e. The zero-order valence-corrected chi connectivity index (χ0v) is 8.94. The minimum atomic E-state index is -1.05. The van der Waals surface area contributed by atoms with Gasteiger partial charge in [0.05, 0.1) is 5.02 Å². The van der Waals surface area contributed by atoms with Crippen LogP contribution < -0.4 is 0 Å². The summed E-state index contributed by atoms with van der Waals surface area (Å²) in [5.74, 6) is -0.510. The molecule has 0 heterocycles. The highest BCUT2D eigenvalue weighted by Gasteiger charge is 2.15. The first kappa shape index (κ1) is 10.7. The quantitative estimate of drug-likeness (QED) is 0.641. The second kappa shape index (κ2) is 4.22. The average molecular weight is 266 g/mol. The molecule has 0 fully saturated rings. The molecule has 0 amide bonds. The van der Waals surface area contributed by atoms with E-state index in [1.807, 2.05) is 0 Å². The molecule has 0 spiro atoms. The van der Waals surface area contributed by atoms with Gasteiger partial charge in [0, 0.05) is 10.0 Å². The van der Waals surface area contributed by atoms with Crippen LogP contribution in [0.1, 0.15) is 11.7 Å². The molecule has 1 nitrogen and oxygen atoms in total. The summed E-state index contributed by atoms with van der Waals surface area (Å²) >= 11 is 8.82. The lowest BCUT2D eigenvalue weighted by Gasteiger charge is -2.10. The minimum absolute atomic E-state index is 0.113. The Morgan fingerprint density at radius 3 is 2.77 bits per heavy atom. The molecule has 1 rings (SSSR count). The second-order valence-electron chi connectivity index (χ2n) is 2.44. The monoisotopic (exact) mass is 264 g/mol. The number of rotatable bonds is 2. The molecule has 1 aromatic carbocycles. The van der Waals surface area contributed by atoms with Gasteiger partial charge in [-0.25, -0.2) is 4.39 Å². The van der Waals surface area contributed by atoms with Crippen LogP contribution in [0.5, 0.6) is 0 Å². The number of benzene rings is 1. The van der Waals surface area contributed by atoms with Crippen molar-refractivity contribution < 1.29 is 9.50 Å². The summed E-state index contributed by atoms with van der Waals surface area (Å²) in [5, 5.41) is 9.73. The molecule has 4 heteroatoms. The zero-order chi connectivity index (χ0) is 10.0. The number of aliphatic hydroxyl groups is 1. The van der Waals surface area contributed by atoms with E-state index in [2.05, 4.69) is 22.5 Å². The van der Waals surface area contributed by atoms with Gasteiger partial charge in [0.1, 0.15) is 11.9 Å². The summed E-state index contributed by atoms with van der Waals surface area (Å²) in [7, 11) is 0. The predicted molar refractivity (Wildman–Crippen MR) is 54.3 cm³/mol. The van der Waals surface area contributed by atoms with Crippen molar-refractivity contribution in [3.63, 3.8) is 0 Å². The molecule has 0 saturated carbocycles. The van der Waals surface area contributed by atoms with Crippen LogP contribution in [0.4, 0.5) is 4.39 Å². The van der Waals surface area contributed by atoms with E-state index < -0.39 is 11.9 Å². The summed E-state index contributed by atoms with van der Waals surface area (Å²) in [6.07, 6.45) is 0.188. The van der Waals surface area contributed by atoms with Crippen molar-refractivity contribution in [1.29, 1.82) is 0 Å². The largest absolute Gasteiger partial charge is 0.384 e. The van der Waals surface area contributed by atoms with E-state index in [4.69, 9.17) is 11.6 Å². The molecule has 0 bridgehead atoms. The number of hydrogen-bond donors (Lipinski definition) is 1. The van der Waals surface area contributed by atoms with Crippen molar-refractivity contribution in [2.75, 3.05) is 0 Å². The van der Waals surface area contributed by atoms with Crippen LogP contribution in [0.25, 0.3) is 0 Å². The third-order valence-corrected chi connectivity index (χ3v) is 3.00. The second-order valence-corrected chi connectivity index (χ2v) is 3.64. The zero-order valence-electron chi connectivity index (χ0n) is 6.60. The van der Waals surface area contributed by atoms with Crippen LogP contribution in [-0.2, 0) is 0 Å². The molecule has 1 atom stereocenters. The average Bonchev–Trinajstić information content (AvgIpc) is 2.12. The van der Waals surface area contributed by atoms with Crippen LogP contribution in [-0.4, -0.2) is 5.11 Å². The Bertz CT molecular complexity index is 341. The predicted octanol–water partition coefficient (Wildman–Crippen LogP) is 3.46. The van der Waals surface area contributed by atoms with Crippen LogP contribution in [0.2, 0.25) is 5.02 Å². The first-order chi connectivity index (χ1) is 6.07. The Hall–Kier alpha value is -0.380. The molecule has 1 unspecified atom stereocenters. The highest BCUT2D eigenvalue weighted by molar-refractivity contribution is 9.10. The van der Waals surface area contributed by atoms with E-state index in [1.165, 1.54) is 18.2 Å². The van der Waals surface area contributed by atoms with Gasteiger partial charge in [-0.05, 0) is 28.1 Å². The Balaban J connectivity index is 3.32. The summed E-state index contributed by atoms with van der Waals surface area (Å²) in [6, 6.07) is 2.62. The maximum absolute atomic E-state index is 13.2. The lowest BCUT2D eigenvalue weighted by molar-refractivity contribution is 0.222. The maximum atomic E-state index is 13.2. The molecule has 70 valence electrons. The van der Waals surface area contributed by atoms with Crippen molar-refractivity contribution in [3.8, 4) is 0 Å². The first-order valence-corrected chi connectivity index (χ1v) is 4.69. The number of aliphatic hydroxyl groups excluding tert-OH is 1. The molecule has 1 aromatic rings. The summed E-state index contributed by atoms with van der Waals surface area (Å²) < 4.78 is 13.5. The van der Waals surface area contributed by atoms with Gasteiger partial charge in [-0.15, -0.1) is 6.58 Å². The molecule has 0 aliphatic carbocycles. The fourth-order valence-corrected chi connectivity index (χ4v) is 1.65. The van der Waals surface area contributed by atoms with Crippen LogP contribution in [0.3, 0.4) is 0 Å². The molecular formula is C9H7BrClFO. The topological polar surface area (TPSA) is 20.2 Å². The van der Waals surface area contributed by atoms with Gasteiger partial charge in [-0.3, -0.25) is 0 Å². The van der Waals surface area contributed by atoms with E-state index in [9.17, 15) is 9.50 Å². The summed E-state index contributed by atoms with van der Waals surface area (Å²) in [5.41, 5.74) is 0.113. The highest BCUT2D eigenvalue weighted by Crippen LogP contribution is 2.32. The van der Waals surface area contributed by atoms with Crippen molar-refractivity contribution >= 4 is 27.5 Å². The SMILES string of the molecule is C=CC(O)c1c(F)ccc(Cl)c1Br. The Kier molecular flexibility index (Phi) is 3.47. The fourth-order valence-electron chi connectivity index (χ4n) is 0.932. The van der Waals surface area contributed by atoms with Crippen molar-refractivity contribution in [3.05, 3.63) is 45.7 Å². The summed E-state index contributed by atoms with van der Waals surface area (Å²) in [6.45, 7) is 3.37. The highest BCUT2D eigenvalue weighted by atomic mass is 79.9. The molecule has 0 aromatic heterocycles. The number of halogens is 3. The van der Waals surface area contributed by atoms with Crippen LogP contribution >= 0.6 is 27.5 Å². The standard InChI is InChI=1S/C9H7BrClFO/c1-2-7(13)8-6(12)4-3-5(11)9(8)10/h2-4,7,13H,1H2. The van der Waals surface area contributed by atoms with Crippen molar-refractivity contribution in [2.45, 2.75) is 6.10 Å². The van der Waals surface area contributed by atoms with Crippen molar-refractivity contribution in [2.24, 2.45) is 0 Å². The molecular weight excluding hydrogens is 258 g/mol. The summed E-state index contributed by atoms with van der Waals surface area (Å²) in [4.78, 5) is 0. The number of hydrogen-bond acceptors (Lipinski definition) is 1. The van der Waals surface area contributed by atoms with Gasteiger partial charge in [0.15, 0.2) is 0 Å². The third-order valence-electron chi connectivity index (χ3n) is 1.60. The Morgan fingerprint density at radius 2 is 2.23 bits per heavy atom. The molecule has 13 heavy (non-hydrogen) atoms. The normalized spacial score (nSPS) is 12.6. The van der Waals surface area contributed by atoms with Crippen LogP contribution in [0.15, 0.2) is 29.3 Å². The molecule has 0 radical (unpaired) electrons. The lowest BCUT2D eigenvalue weighted by Crippen LogP contribution is -1.98. The van der Waals surface area contributed by atoms with Gasteiger partial charge < -0.3 is 5.11 Å². The van der Waals surface area contributed by atoms with E-state index in [1.54, 1.807) is 0 Å². The van der Waals surface area contributed by atoms with Gasteiger partial charge in [-0.1, -0.05) is 17.7 Å². The Morgan fingerprint density at radius 1 is 1.62 bits per heavy atom. The van der Waals surface area contributed by atoms with Crippen molar-refractivity contribution in [1.82, 2.24) is 0 Å². The maximum Gasteiger partial charge on any atom is 0.130 e. The van der Waals surface area contributed by atoms with E-state index in [-0.39, 0.29) is 5.56 Å². The lowest BCUT2D eigenvalue weighted by atomic mass is 10.1. The van der Waals surface area contributed by atoms with E-state index in [0.717, 1.165) is 0 Å². The van der Waals surface area contributed by atoms with Gasteiger partial charge in [-0.2, -0.15) is 0 Å².